The Balaban J connectivity index is 1.15. The number of imidazole rings is 1. The molecule has 0 saturated carbocycles. The molecule has 0 spiro atoms. The van der Waals surface area contributed by atoms with Gasteiger partial charge in [-0.2, -0.15) is 0 Å². The van der Waals surface area contributed by atoms with Gasteiger partial charge in [-0.1, -0.05) is 83.3 Å². The highest BCUT2D eigenvalue weighted by molar-refractivity contribution is 6.76. The Hall–Kier alpha value is -2.89. The van der Waals surface area contributed by atoms with E-state index < -0.39 is 16.0 Å². The van der Waals surface area contributed by atoms with Crippen molar-refractivity contribution in [1.29, 1.82) is 0 Å². The van der Waals surface area contributed by atoms with Crippen molar-refractivity contribution < 1.29 is 19.4 Å². The predicted molar refractivity (Wildman–Crippen MR) is 171 cm³/mol. The lowest BCUT2D eigenvalue weighted by molar-refractivity contribution is -0.253. The van der Waals surface area contributed by atoms with Gasteiger partial charge in [0.25, 0.3) is 9.70 Å². The number of ether oxygens (including phenoxy) is 2. The van der Waals surface area contributed by atoms with Crippen LogP contribution in [0.25, 0.3) is 11.0 Å². The normalized spacial score (nSPS) is 21.9. The van der Waals surface area contributed by atoms with Crippen LogP contribution in [0, 0.1) is 0 Å². The maximum absolute atomic E-state index is 12.7. The number of likely N-dealkylation sites (tertiary alicyclic amines) is 1. The van der Waals surface area contributed by atoms with Crippen molar-refractivity contribution in [3.8, 4) is 0 Å². The Morgan fingerprint density at radius 3 is 2.32 bits per heavy atom. The number of nitrogens with zero attached hydrogens (tertiary/aromatic N) is 2. The number of aliphatic hydroxyl groups excluding tert-OH is 1. The van der Waals surface area contributed by atoms with Crippen LogP contribution in [0.1, 0.15) is 54.4 Å². The molecule has 0 radical (unpaired) electrons. The van der Waals surface area contributed by atoms with Gasteiger partial charge in [-0.3, -0.25) is 9.36 Å². The summed E-state index contributed by atoms with van der Waals surface area (Å²) in [6.07, 6.45) is 1.40. The Morgan fingerprint density at radius 2 is 1.64 bits per heavy atom. The number of aromatic nitrogens is 2. The van der Waals surface area contributed by atoms with Crippen LogP contribution < -0.4 is 11.0 Å². The molecule has 3 N–H and O–H groups in total. The molecule has 9 nitrogen and oxygen atoms in total. The minimum absolute atomic E-state index is 0.0258. The largest absolute Gasteiger partial charge is 0.392 e. The number of H-pyrrole nitrogens is 1. The average molecular weight is 660 g/mol. The number of halogens is 3. The molecule has 3 aromatic carbocycles. The van der Waals surface area contributed by atoms with Gasteiger partial charge in [0.05, 0.1) is 29.8 Å². The zero-order valence-corrected chi connectivity index (χ0v) is 26.1. The van der Waals surface area contributed by atoms with Crippen LogP contribution in [0.2, 0.25) is 0 Å². The third-order valence-electron chi connectivity index (χ3n) is 8.32. The standard InChI is InChI=1S/C32H33Cl3N4O5/c33-32(34,35)30(41)36-23-11-9-22(10-12-23)29-43-25(17-28(44-29)21-7-5-20(19-40)6-8-21)18-38-15-13-24(14-16-38)39-27-4-2-1-3-26(27)37-31(39)42/h1-12,24-25,28-29,40H,13-19H2,(H,36,41)(H,37,42). The molecule has 2 saturated heterocycles. The molecule has 3 unspecified atom stereocenters. The molecule has 3 heterocycles. The highest BCUT2D eigenvalue weighted by atomic mass is 35.6. The lowest BCUT2D eigenvalue weighted by Gasteiger charge is -2.40. The van der Waals surface area contributed by atoms with E-state index in [4.69, 9.17) is 44.3 Å². The van der Waals surface area contributed by atoms with Crippen LogP contribution in [0.4, 0.5) is 5.69 Å². The smallest absolute Gasteiger partial charge is 0.326 e. The first-order valence-electron chi connectivity index (χ1n) is 14.6. The summed E-state index contributed by atoms with van der Waals surface area (Å²) in [7, 11) is 0. The second-order valence-corrected chi connectivity index (χ2v) is 13.6. The SMILES string of the molecule is O=C(Nc1ccc(C2OC(CN3CCC(n4c(=O)[nH]c5ccccc54)CC3)CC(c3ccc(CO)cc3)O2)cc1)C(Cl)(Cl)Cl. The fourth-order valence-electron chi connectivity index (χ4n) is 6.04. The number of hydrogen-bond acceptors (Lipinski definition) is 6. The number of hydrogen-bond donors (Lipinski definition) is 3. The van der Waals surface area contributed by atoms with E-state index in [1.54, 1.807) is 12.1 Å². The van der Waals surface area contributed by atoms with Gasteiger partial charge in [0.15, 0.2) is 6.29 Å². The molecule has 1 aromatic heterocycles. The van der Waals surface area contributed by atoms with Gasteiger partial charge >= 0.3 is 5.69 Å². The monoisotopic (exact) mass is 658 g/mol. The Morgan fingerprint density at radius 1 is 0.955 bits per heavy atom. The molecule has 2 aliphatic heterocycles. The summed E-state index contributed by atoms with van der Waals surface area (Å²) in [6, 6.07) is 22.8. The van der Waals surface area contributed by atoms with Crippen LogP contribution in [-0.4, -0.2) is 55.0 Å². The first-order chi connectivity index (χ1) is 21.2. The second-order valence-electron chi connectivity index (χ2n) is 11.3. The summed E-state index contributed by atoms with van der Waals surface area (Å²) in [5, 5.41) is 12.1. The molecule has 0 bridgehead atoms. The third kappa shape index (κ3) is 7.00. The summed E-state index contributed by atoms with van der Waals surface area (Å²) in [5.41, 5.74) is 4.85. The number of amides is 1. The van der Waals surface area contributed by atoms with Gasteiger partial charge < -0.3 is 29.8 Å². The molecule has 0 aliphatic carbocycles. The number of para-hydroxylation sites is 2. The van der Waals surface area contributed by atoms with Crippen LogP contribution in [-0.2, 0) is 20.9 Å². The number of benzene rings is 3. The number of alkyl halides is 3. The fraction of sp³-hybridized carbons (Fsp3) is 0.375. The summed E-state index contributed by atoms with van der Waals surface area (Å²) in [5.74, 6) is -0.745. The number of aliphatic hydroxyl groups is 1. The number of aromatic amines is 1. The fourth-order valence-corrected chi connectivity index (χ4v) is 6.19. The van der Waals surface area contributed by atoms with Gasteiger partial charge in [0.1, 0.15) is 0 Å². The van der Waals surface area contributed by atoms with E-state index in [0.29, 0.717) is 12.1 Å². The zero-order chi connectivity index (χ0) is 30.8. The topological polar surface area (TPSA) is 109 Å². The Kier molecular flexibility index (Phi) is 9.35. The maximum Gasteiger partial charge on any atom is 0.326 e. The van der Waals surface area contributed by atoms with E-state index in [2.05, 4.69) is 15.2 Å². The number of carbonyl (C=O) groups is 1. The van der Waals surface area contributed by atoms with Crippen molar-refractivity contribution in [2.24, 2.45) is 0 Å². The van der Waals surface area contributed by atoms with Gasteiger partial charge in [-0.15, -0.1) is 0 Å². The molecule has 6 rings (SSSR count). The summed E-state index contributed by atoms with van der Waals surface area (Å²) in [6.45, 7) is 2.38. The summed E-state index contributed by atoms with van der Waals surface area (Å²) >= 11 is 17.1. The summed E-state index contributed by atoms with van der Waals surface area (Å²) in [4.78, 5) is 30.2. The van der Waals surface area contributed by atoms with Gasteiger partial charge in [0, 0.05) is 43.3 Å². The van der Waals surface area contributed by atoms with Crippen molar-refractivity contribution in [3.05, 3.63) is 100.0 Å². The minimum atomic E-state index is -2.07. The van der Waals surface area contributed by atoms with Gasteiger partial charge in [-0.25, -0.2) is 4.79 Å². The van der Waals surface area contributed by atoms with Crippen LogP contribution >= 0.6 is 34.8 Å². The van der Waals surface area contributed by atoms with Gasteiger partial charge in [-0.05, 0) is 48.2 Å². The van der Waals surface area contributed by atoms with Crippen LogP contribution in [0.5, 0.6) is 0 Å². The molecule has 2 fully saturated rings. The van der Waals surface area contributed by atoms with E-state index in [9.17, 15) is 14.7 Å². The van der Waals surface area contributed by atoms with Crippen molar-refractivity contribution in [2.45, 2.75) is 54.2 Å². The number of piperidine rings is 1. The van der Waals surface area contributed by atoms with E-state index in [1.807, 2.05) is 65.2 Å². The number of carbonyl (C=O) groups excluding carboxylic acids is 1. The molecule has 12 heteroatoms. The number of nitrogens with one attached hydrogen (secondary N) is 2. The zero-order valence-electron chi connectivity index (χ0n) is 23.8. The first-order valence-corrected chi connectivity index (χ1v) is 15.7. The van der Waals surface area contributed by atoms with Crippen molar-refractivity contribution in [1.82, 2.24) is 14.5 Å². The summed E-state index contributed by atoms with van der Waals surface area (Å²) < 4.78 is 12.8. The molecular weight excluding hydrogens is 627 g/mol. The number of fused-ring (bicyclic) bond motifs is 1. The van der Waals surface area contributed by atoms with Crippen molar-refractivity contribution in [2.75, 3.05) is 25.0 Å². The average Bonchev–Trinajstić information content (AvgIpc) is 3.37. The van der Waals surface area contributed by atoms with E-state index in [-0.39, 0.29) is 30.5 Å². The van der Waals surface area contributed by atoms with Crippen LogP contribution in [0.15, 0.2) is 77.6 Å². The van der Waals surface area contributed by atoms with Crippen molar-refractivity contribution in [3.63, 3.8) is 0 Å². The molecule has 44 heavy (non-hydrogen) atoms. The molecule has 2 aliphatic rings. The first kappa shape index (κ1) is 31.1. The highest BCUT2D eigenvalue weighted by Crippen LogP contribution is 2.39. The van der Waals surface area contributed by atoms with Crippen LogP contribution in [0.3, 0.4) is 0 Å². The van der Waals surface area contributed by atoms with Gasteiger partial charge in [0.2, 0.25) is 0 Å². The molecule has 232 valence electrons. The molecule has 3 atom stereocenters. The molecule has 1 amide bonds. The quantitative estimate of drug-likeness (QED) is 0.210. The number of anilines is 1. The van der Waals surface area contributed by atoms with E-state index in [1.165, 1.54) is 0 Å². The Labute approximate surface area is 269 Å². The molecular formula is C32H33Cl3N4O5. The highest BCUT2D eigenvalue weighted by Gasteiger charge is 2.35. The Bertz CT molecular complexity index is 1640. The number of rotatable bonds is 7. The van der Waals surface area contributed by atoms with Crippen molar-refractivity contribution >= 4 is 57.4 Å². The lowest BCUT2D eigenvalue weighted by Crippen LogP contribution is -2.43. The van der Waals surface area contributed by atoms with E-state index in [0.717, 1.165) is 60.2 Å². The molecule has 4 aromatic rings. The maximum atomic E-state index is 12.7. The second kappa shape index (κ2) is 13.2. The minimum Gasteiger partial charge on any atom is -0.392 e. The van der Waals surface area contributed by atoms with E-state index >= 15 is 0 Å². The predicted octanol–water partition coefficient (Wildman–Crippen LogP) is 6.01. The lowest BCUT2D eigenvalue weighted by atomic mass is 9.98. The third-order valence-corrected chi connectivity index (χ3v) is 8.84.